The van der Waals surface area contributed by atoms with Crippen molar-refractivity contribution in [1.29, 1.82) is 0 Å². The van der Waals surface area contributed by atoms with Gasteiger partial charge in [0.25, 0.3) is 11.8 Å². The Bertz CT molecular complexity index is 1350. The second-order valence-electron chi connectivity index (χ2n) is 7.85. The molecular weight excluding hydrogens is 426 g/mol. The molecule has 0 aliphatic carbocycles. The first kappa shape index (κ1) is 22.5. The molecule has 0 unspecified atom stereocenters. The highest BCUT2D eigenvalue weighted by molar-refractivity contribution is 6.06. The lowest BCUT2D eigenvalue weighted by Gasteiger charge is -2.12. The number of anilines is 1. The van der Waals surface area contributed by atoms with Gasteiger partial charge in [-0.3, -0.25) is 9.59 Å². The summed E-state index contributed by atoms with van der Waals surface area (Å²) in [7, 11) is 3.91. The Hall–Kier alpha value is -4.65. The van der Waals surface area contributed by atoms with Gasteiger partial charge >= 0.3 is 0 Å². The molecule has 2 amide bonds. The van der Waals surface area contributed by atoms with Crippen LogP contribution >= 0.6 is 0 Å². The molecule has 1 aromatic heterocycles. The van der Waals surface area contributed by atoms with E-state index in [1.165, 1.54) is 0 Å². The van der Waals surface area contributed by atoms with Crippen LogP contribution in [0.15, 0.2) is 95.9 Å². The van der Waals surface area contributed by atoms with Gasteiger partial charge in [0.2, 0.25) is 0 Å². The van der Waals surface area contributed by atoms with E-state index in [-0.39, 0.29) is 11.6 Å². The number of rotatable bonds is 7. The van der Waals surface area contributed by atoms with Crippen molar-refractivity contribution in [3.63, 3.8) is 0 Å². The van der Waals surface area contributed by atoms with Crippen LogP contribution in [0.4, 0.5) is 5.69 Å². The molecule has 170 valence electrons. The highest BCUT2D eigenvalue weighted by Crippen LogP contribution is 2.16. The maximum absolute atomic E-state index is 13.0. The number of nitrogens with zero attached hydrogens (tertiary/aromatic N) is 2. The second-order valence-corrected chi connectivity index (χ2v) is 7.85. The van der Waals surface area contributed by atoms with Crippen LogP contribution in [-0.2, 0) is 4.79 Å². The zero-order valence-corrected chi connectivity index (χ0v) is 18.9. The third-order valence-electron chi connectivity index (χ3n) is 5.24. The van der Waals surface area contributed by atoms with Gasteiger partial charge in [0.1, 0.15) is 5.70 Å². The summed E-state index contributed by atoms with van der Waals surface area (Å²) in [6.45, 7) is 0. The van der Waals surface area contributed by atoms with Gasteiger partial charge in [-0.1, -0.05) is 48.5 Å². The molecule has 0 fully saturated rings. The van der Waals surface area contributed by atoms with Crippen LogP contribution in [0.5, 0.6) is 0 Å². The molecule has 4 rings (SSSR count). The van der Waals surface area contributed by atoms with Crippen molar-refractivity contribution in [2.45, 2.75) is 0 Å². The van der Waals surface area contributed by atoms with Gasteiger partial charge in [-0.15, -0.1) is 0 Å². The number of hydrogen-bond donors (Lipinski definition) is 3. The number of aromatic nitrogens is 1. The number of carbonyl (C=O) groups excluding carboxylic acids is 2. The van der Waals surface area contributed by atoms with Gasteiger partial charge in [-0.05, 0) is 42.0 Å². The molecule has 0 aliphatic rings. The van der Waals surface area contributed by atoms with Gasteiger partial charge in [0.15, 0.2) is 0 Å². The highest BCUT2D eigenvalue weighted by atomic mass is 16.2. The molecule has 7 nitrogen and oxygen atoms in total. The summed E-state index contributed by atoms with van der Waals surface area (Å²) in [6, 6.07) is 24.2. The fourth-order valence-corrected chi connectivity index (χ4v) is 3.40. The number of aromatic amines is 1. The first-order chi connectivity index (χ1) is 16.5. The lowest BCUT2D eigenvalue weighted by Crippen LogP contribution is -2.32. The largest absolute Gasteiger partial charge is 0.378 e. The minimum atomic E-state index is -0.531. The van der Waals surface area contributed by atoms with Gasteiger partial charge in [0, 0.05) is 48.0 Å². The number of hydrazone groups is 1. The van der Waals surface area contributed by atoms with Crippen molar-refractivity contribution in [1.82, 2.24) is 15.7 Å². The molecule has 0 spiro atoms. The summed E-state index contributed by atoms with van der Waals surface area (Å²) >= 11 is 0. The molecule has 34 heavy (non-hydrogen) atoms. The summed E-state index contributed by atoms with van der Waals surface area (Å²) in [5.41, 5.74) is 6.67. The topological polar surface area (TPSA) is 89.6 Å². The molecule has 4 aromatic rings. The first-order valence-electron chi connectivity index (χ1n) is 10.8. The molecule has 0 aliphatic heterocycles. The second kappa shape index (κ2) is 10.3. The average molecular weight is 452 g/mol. The van der Waals surface area contributed by atoms with E-state index in [1.54, 1.807) is 36.6 Å². The van der Waals surface area contributed by atoms with Crippen molar-refractivity contribution in [3.05, 3.63) is 107 Å². The van der Waals surface area contributed by atoms with Gasteiger partial charge < -0.3 is 15.2 Å². The van der Waals surface area contributed by atoms with Gasteiger partial charge in [-0.25, -0.2) is 5.43 Å². The summed E-state index contributed by atoms with van der Waals surface area (Å²) in [5.74, 6) is -0.912. The predicted molar refractivity (Wildman–Crippen MR) is 137 cm³/mol. The van der Waals surface area contributed by atoms with E-state index in [4.69, 9.17) is 0 Å². The van der Waals surface area contributed by atoms with Crippen LogP contribution in [0, 0.1) is 0 Å². The maximum atomic E-state index is 13.0. The summed E-state index contributed by atoms with van der Waals surface area (Å²) in [6.07, 6.45) is 5.01. The lowest BCUT2D eigenvalue weighted by molar-refractivity contribution is -0.117. The van der Waals surface area contributed by atoms with Crippen LogP contribution in [0.3, 0.4) is 0 Å². The van der Waals surface area contributed by atoms with Crippen LogP contribution in [0.1, 0.15) is 21.5 Å². The first-order valence-corrected chi connectivity index (χ1v) is 10.8. The molecule has 0 radical (unpaired) electrons. The molecule has 1 heterocycles. The van der Waals surface area contributed by atoms with E-state index in [0.29, 0.717) is 5.56 Å². The zero-order chi connectivity index (χ0) is 23.9. The third kappa shape index (κ3) is 5.39. The number of carbonyl (C=O) groups is 2. The number of amides is 2. The minimum Gasteiger partial charge on any atom is -0.378 e. The molecule has 3 aromatic carbocycles. The molecule has 0 saturated carbocycles. The van der Waals surface area contributed by atoms with E-state index in [1.807, 2.05) is 79.8 Å². The van der Waals surface area contributed by atoms with Crippen LogP contribution < -0.4 is 15.6 Å². The fourth-order valence-electron chi connectivity index (χ4n) is 3.40. The van der Waals surface area contributed by atoms with E-state index < -0.39 is 5.91 Å². The summed E-state index contributed by atoms with van der Waals surface area (Å²) in [5, 5.41) is 7.81. The molecule has 0 saturated heterocycles. The minimum absolute atomic E-state index is 0.0857. The predicted octanol–water partition coefficient (Wildman–Crippen LogP) is 4.16. The highest BCUT2D eigenvalue weighted by Gasteiger charge is 2.14. The Balaban J connectivity index is 1.55. The molecule has 3 N–H and O–H groups in total. The van der Waals surface area contributed by atoms with E-state index in [2.05, 4.69) is 20.8 Å². The van der Waals surface area contributed by atoms with Crippen molar-refractivity contribution in [2.75, 3.05) is 19.0 Å². The zero-order valence-electron chi connectivity index (χ0n) is 18.9. The van der Waals surface area contributed by atoms with Crippen molar-refractivity contribution in [2.24, 2.45) is 5.10 Å². The van der Waals surface area contributed by atoms with Crippen LogP contribution in [0.25, 0.3) is 17.0 Å². The Labute approximate surface area is 197 Å². The number of H-pyrrole nitrogens is 1. The van der Waals surface area contributed by atoms with Crippen molar-refractivity contribution in [3.8, 4) is 0 Å². The number of benzene rings is 3. The monoisotopic (exact) mass is 451 g/mol. The van der Waals surface area contributed by atoms with E-state index >= 15 is 0 Å². The molecular formula is C27H25N5O2. The SMILES string of the molecule is CN(C)c1ccc(/C=C(/NC(=O)c2ccccc2)C(=O)N/N=C\c2c[nH]c3ccccc23)cc1. The van der Waals surface area contributed by atoms with Crippen molar-refractivity contribution >= 4 is 40.7 Å². The normalized spacial score (nSPS) is 11.5. The number of hydrogen-bond acceptors (Lipinski definition) is 4. The molecule has 0 atom stereocenters. The lowest BCUT2D eigenvalue weighted by atomic mass is 10.1. The quantitative estimate of drug-likeness (QED) is 0.224. The van der Waals surface area contributed by atoms with Gasteiger partial charge in [0.05, 0.1) is 6.21 Å². The van der Waals surface area contributed by atoms with Gasteiger partial charge in [-0.2, -0.15) is 5.10 Å². The molecule has 7 heteroatoms. The number of para-hydroxylation sites is 1. The van der Waals surface area contributed by atoms with Crippen LogP contribution in [0.2, 0.25) is 0 Å². The smallest absolute Gasteiger partial charge is 0.287 e. The Morgan fingerprint density at radius 3 is 2.35 bits per heavy atom. The summed E-state index contributed by atoms with van der Waals surface area (Å²) < 4.78 is 0. The number of nitrogens with one attached hydrogen (secondary N) is 3. The standard InChI is InChI=1S/C27H25N5O2/c1-32(2)22-14-12-19(13-15-22)16-25(30-26(33)20-8-4-3-5-9-20)27(34)31-29-18-21-17-28-24-11-7-6-10-23(21)24/h3-18,28H,1-2H3,(H,30,33)(H,31,34)/b25-16+,29-18-. The van der Waals surface area contributed by atoms with Crippen molar-refractivity contribution < 1.29 is 9.59 Å². The Morgan fingerprint density at radius 2 is 1.62 bits per heavy atom. The number of fused-ring (bicyclic) bond motifs is 1. The van der Waals surface area contributed by atoms with E-state index in [9.17, 15) is 9.59 Å². The van der Waals surface area contributed by atoms with Crippen LogP contribution in [-0.4, -0.2) is 37.1 Å². The molecule has 0 bridgehead atoms. The fraction of sp³-hybridized carbons (Fsp3) is 0.0741. The summed E-state index contributed by atoms with van der Waals surface area (Å²) in [4.78, 5) is 30.8. The third-order valence-corrected chi connectivity index (χ3v) is 5.24. The Morgan fingerprint density at radius 1 is 0.912 bits per heavy atom. The average Bonchev–Trinajstić information content (AvgIpc) is 3.27. The maximum Gasteiger partial charge on any atom is 0.287 e. The Kier molecular flexibility index (Phi) is 6.84. The van der Waals surface area contributed by atoms with E-state index in [0.717, 1.165) is 27.7 Å².